The Labute approximate surface area is 122 Å². The second-order valence-electron chi connectivity index (χ2n) is 3.36. The quantitative estimate of drug-likeness (QED) is 0.584. The summed E-state index contributed by atoms with van der Waals surface area (Å²) < 4.78 is 0. The molecule has 0 fully saturated rings. The summed E-state index contributed by atoms with van der Waals surface area (Å²) in [6, 6.07) is 18.6. The van der Waals surface area contributed by atoms with Gasteiger partial charge >= 0.3 is 26.2 Å². The molecule has 0 unspecified atom stereocenters. The standard InChI is InChI=1S/C9H13.C5H5.2FH.Zr/c1-2-3-6-9-7-4-5-8-9;1-2-4-5-3-1;;;/h4-5,7-8H,2-3,6H2,1H3;1-5H;2*1H;/q2*-1;;;+4/p-2. The van der Waals surface area contributed by atoms with Crippen LogP contribution in [0.25, 0.3) is 0 Å². The molecular weight excluding hydrogens is 297 g/mol. The Morgan fingerprint density at radius 3 is 1.82 bits per heavy atom. The van der Waals surface area contributed by atoms with Crippen molar-refractivity contribution in [1.29, 1.82) is 0 Å². The molecule has 0 nitrogen and oxygen atoms in total. The molecule has 0 spiro atoms. The van der Waals surface area contributed by atoms with Gasteiger partial charge in [0.25, 0.3) is 0 Å². The van der Waals surface area contributed by atoms with Crippen molar-refractivity contribution in [3.05, 3.63) is 60.2 Å². The average Bonchev–Trinajstić information content (AvgIpc) is 2.90. The molecule has 2 aromatic rings. The normalized spacial score (nSPS) is 7.59. The summed E-state index contributed by atoms with van der Waals surface area (Å²) in [5, 5.41) is 0. The third-order valence-corrected chi connectivity index (χ3v) is 2.11. The van der Waals surface area contributed by atoms with Crippen molar-refractivity contribution in [2.24, 2.45) is 0 Å². The molecular formula is C14H18F2Zr. The smallest absolute Gasteiger partial charge is 1.00 e. The second-order valence-corrected chi connectivity index (χ2v) is 3.36. The molecule has 17 heavy (non-hydrogen) atoms. The van der Waals surface area contributed by atoms with Crippen molar-refractivity contribution >= 4 is 0 Å². The molecule has 0 saturated heterocycles. The van der Waals surface area contributed by atoms with E-state index in [1.54, 1.807) is 0 Å². The molecule has 0 heterocycles. The molecule has 0 N–H and O–H groups in total. The number of rotatable bonds is 3. The zero-order valence-electron chi connectivity index (χ0n) is 10.1. The molecule has 2 rings (SSSR count). The van der Waals surface area contributed by atoms with E-state index in [1.807, 2.05) is 30.3 Å². The Hall–Kier alpha value is -0.557. The van der Waals surface area contributed by atoms with Crippen LogP contribution in [0.4, 0.5) is 0 Å². The van der Waals surface area contributed by atoms with Crippen molar-refractivity contribution < 1.29 is 35.6 Å². The number of hydrogen-bond donors (Lipinski definition) is 0. The summed E-state index contributed by atoms with van der Waals surface area (Å²) in [6.07, 6.45) is 3.87. The second kappa shape index (κ2) is 15.4. The predicted octanol–water partition coefficient (Wildman–Crippen LogP) is -1.84. The molecule has 3 heteroatoms. The van der Waals surface area contributed by atoms with Gasteiger partial charge in [-0.3, -0.25) is 0 Å². The van der Waals surface area contributed by atoms with E-state index in [2.05, 4.69) is 31.2 Å². The van der Waals surface area contributed by atoms with Gasteiger partial charge < -0.3 is 9.41 Å². The first-order valence-corrected chi connectivity index (χ1v) is 5.30. The van der Waals surface area contributed by atoms with Crippen LogP contribution in [0, 0.1) is 0 Å². The molecule has 92 valence electrons. The molecule has 0 atom stereocenters. The first-order valence-electron chi connectivity index (χ1n) is 5.30. The third-order valence-electron chi connectivity index (χ3n) is 2.11. The molecule has 0 aliphatic heterocycles. The maximum atomic E-state index is 2.23. The summed E-state index contributed by atoms with van der Waals surface area (Å²) in [4.78, 5) is 0. The Morgan fingerprint density at radius 2 is 1.47 bits per heavy atom. The molecule has 0 amide bonds. The Kier molecular flexibility index (Phi) is 19.7. The first-order chi connectivity index (χ1) is 6.93. The van der Waals surface area contributed by atoms with E-state index in [4.69, 9.17) is 0 Å². The van der Waals surface area contributed by atoms with Crippen LogP contribution in [-0.2, 0) is 32.6 Å². The van der Waals surface area contributed by atoms with Gasteiger partial charge in [0.05, 0.1) is 0 Å². The Balaban J connectivity index is -0.000000216. The minimum atomic E-state index is 0. The molecule has 0 aromatic heterocycles. The van der Waals surface area contributed by atoms with E-state index < -0.39 is 0 Å². The largest absolute Gasteiger partial charge is 4.00 e. The summed E-state index contributed by atoms with van der Waals surface area (Å²) in [7, 11) is 0. The fourth-order valence-corrected chi connectivity index (χ4v) is 1.28. The van der Waals surface area contributed by atoms with Gasteiger partial charge in [0.2, 0.25) is 0 Å². The van der Waals surface area contributed by atoms with Gasteiger partial charge in [0, 0.05) is 0 Å². The van der Waals surface area contributed by atoms with Crippen LogP contribution >= 0.6 is 0 Å². The van der Waals surface area contributed by atoms with Crippen molar-refractivity contribution in [3.8, 4) is 0 Å². The average molecular weight is 316 g/mol. The van der Waals surface area contributed by atoms with Crippen LogP contribution in [0.15, 0.2) is 54.6 Å². The zero-order chi connectivity index (χ0) is 10.1. The molecule has 0 aliphatic carbocycles. The molecule has 0 saturated carbocycles. The summed E-state index contributed by atoms with van der Waals surface area (Å²) >= 11 is 0. The number of hydrogen-bond acceptors (Lipinski definition) is 0. The van der Waals surface area contributed by atoms with Gasteiger partial charge in [-0.05, 0) is 0 Å². The fourth-order valence-electron chi connectivity index (χ4n) is 1.28. The van der Waals surface area contributed by atoms with E-state index in [0.717, 1.165) is 0 Å². The zero-order valence-corrected chi connectivity index (χ0v) is 12.5. The summed E-state index contributed by atoms with van der Waals surface area (Å²) in [6.45, 7) is 2.23. The summed E-state index contributed by atoms with van der Waals surface area (Å²) in [5.41, 5.74) is 1.48. The van der Waals surface area contributed by atoms with Crippen molar-refractivity contribution in [1.82, 2.24) is 0 Å². The van der Waals surface area contributed by atoms with E-state index in [9.17, 15) is 0 Å². The van der Waals surface area contributed by atoms with Crippen LogP contribution < -0.4 is 9.41 Å². The molecule has 0 aliphatic rings. The van der Waals surface area contributed by atoms with Crippen LogP contribution in [0.2, 0.25) is 0 Å². The van der Waals surface area contributed by atoms with Crippen molar-refractivity contribution in [2.45, 2.75) is 26.2 Å². The van der Waals surface area contributed by atoms with Gasteiger partial charge in [-0.1, -0.05) is 26.2 Å². The Morgan fingerprint density at radius 1 is 0.941 bits per heavy atom. The predicted molar refractivity (Wildman–Crippen MR) is 62.7 cm³/mol. The van der Waals surface area contributed by atoms with Gasteiger partial charge in [0.1, 0.15) is 0 Å². The van der Waals surface area contributed by atoms with Crippen LogP contribution in [0.3, 0.4) is 0 Å². The van der Waals surface area contributed by atoms with Gasteiger partial charge in [-0.25, -0.2) is 24.3 Å². The molecule has 2 aromatic carbocycles. The topological polar surface area (TPSA) is 0 Å². The summed E-state index contributed by atoms with van der Waals surface area (Å²) in [5.74, 6) is 0. The first kappa shape index (κ1) is 21.7. The third kappa shape index (κ3) is 11.7. The van der Waals surface area contributed by atoms with Gasteiger partial charge in [0.15, 0.2) is 0 Å². The van der Waals surface area contributed by atoms with Gasteiger partial charge in [-0.2, -0.15) is 35.9 Å². The van der Waals surface area contributed by atoms with Crippen molar-refractivity contribution in [3.63, 3.8) is 0 Å². The Bertz CT molecular complexity index is 271. The van der Waals surface area contributed by atoms with Crippen molar-refractivity contribution in [2.75, 3.05) is 0 Å². The van der Waals surface area contributed by atoms with Crippen LogP contribution in [0.1, 0.15) is 25.3 Å². The maximum absolute atomic E-state index is 2.23. The SMILES string of the molecule is CCCC[c-]1cccc1.[F-].[F-].[Zr+4].c1cc[cH-]c1. The van der Waals surface area contributed by atoms with E-state index in [-0.39, 0.29) is 35.6 Å². The number of aryl methyl sites for hydroxylation is 1. The van der Waals surface area contributed by atoms with E-state index >= 15 is 0 Å². The number of halogens is 2. The minimum absolute atomic E-state index is 0. The van der Waals surface area contributed by atoms with Gasteiger partial charge in [-0.15, -0.1) is 0 Å². The molecule has 0 radical (unpaired) electrons. The molecule has 0 bridgehead atoms. The van der Waals surface area contributed by atoms with E-state index in [1.165, 1.54) is 24.8 Å². The maximum Gasteiger partial charge on any atom is 4.00 e. The van der Waals surface area contributed by atoms with Crippen LogP contribution in [0.5, 0.6) is 0 Å². The monoisotopic (exact) mass is 314 g/mol. The van der Waals surface area contributed by atoms with E-state index in [0.29, 0.717) is 0 Å². The minimum Gasteiger partial charge on any atom is -1.00 e. The fraction of sp³-hybridized carbons (Fsp3) is 0.286. The van der Waals surface area contributed by atoms with Crippen LogP contribution in [-0.4, -0.2) is 0 Å². The number of unbranched alkanes of at least 4 members (excludes halogenated alkanes) is 1.